The first-order valence-electron chi connectivity index (χ1n) is 21.3. The number of anilines is 2. The first-order valence-corrected chi connectivity index (χ1v) is 21.7. The van der Waals surface area contributed by atoms with Gasteiger partial charge in [0.1, 0.15) is 22.4 Å². The lowest BCUT2D eigenvalue weighted by atomic mass is 10.1. The Balaban J connectivity index is 0.000000184. The molecule has 0 bridgehead atoms. The van der Waals surface area contributed by atoms with Crippen LogP contribution in [-0.2, 0) is 34.9 Å². The molecular formula is C49H45ClF6N10O5. The molecule has 0 fully saturated rings. The van der Waals surface area contributed by atoms with Crippen molar-refractivity contribution < 1.29 is 50.2 Å². The predicted molar refractivity (Wildman–Crippen MR) is 257 cm³/mol. The van der Waals surface area contributed by atoms with E-state index in [4.69, 9.17) is 26.8 Å². The summed E-state index contributed by atoms with van der Waals surface area (Å²) in [5.41, 5.74) is 7.24. The Morgan fingerprint density at radius 3 is 1.46 bits per heavy atom. The number of alkyl halides is 6. The van der Waals surface area contributed by atoms with E-state index in [-0.39, 0.29) is 29.8 Å². The van der Waals surface area contributed by atoms with Crippen molar-refractivity contribution in [3.05, 3.63) is 166 Å². The largest absolute Gasteiger partial charge is 0.462 e. The molecule has 8 rings (SSSR count). The van der Waals surface area contributed by atoms with Crippen LogP contribution in [0.25, 0.3) is 33.1 Å². The third kappa shape index (κ3) is 15.0. The number of carbonyl (C=O) groups excluding carboxylic acids is 3. The Kier molecular flexibility index (Phi) is 19.0. The molecule has 0 radical (unpaired) electrons. The summed E-state index contributed by atoms with van der Waals surface area (Å²) in [6, 6.07) is 25.6. The van der Waals surface area contributed by atoms with Gasteiger partial charge >= 0.3 is 24.3 Å². The Morgan fingerprint density at radius 1 is 0.577 bits per heavy atom. The first-order chi connectivity index (χ1) is 33.9. The van der Waals surface area contributed by atoms with E-state index in [9.17, 15) is 40.7 Å². The highest BCUT2D eigenvalue weighted by molar-refractivity contribution is 6.32. The second-order valence-electron chi connectivity index (χ2n) is 14.5. The number of nitrogens with one attached hydrogen (secondary N) is 3. The minimum Gasteiger partial charge on any atom is -0.462 e. The average molecular weight is 1000 g/mol. The van der Waals surface area contributed by atoms with Crippen molar-refractivity contribution in [3.8, 4) is 0 Å². The Labute approximate surface area is 407 Å². The van der Waals surface area contributed by atoms with Crippen LogP contribution in [0.3, 0.4) is 0 Å². The van der Waals surface area contributed by atoms with Gasteiger partial charge in [-0.3, -0.25) is 4.79 Å². The normalized spacial score (nSPS) is 10.9. The number of amides is 1. The van der Waals surface area contributed by atoms with Crippen LogP contribution in [0.1, 0.15) is 67.2 Å². The van der Waals surface area contributed by atoms with Crippen molar-refractivity contribution in [2.75, 3.05) is 37.9 Å². The van der Waals surface area contributed by atoms with Crippen LogP contribution in [0.15, 0.2) is 122 Å². The summed E-state index contributed by atoms with van der Waals surface area (Å²) < 4.78 is 84.4. The molecule has 0 aliphatic rings. The van der Waals surface area contributed by atoms with E-state index in [0.717, 1.165) is 35.0 Å². The van der Waals surface area contributed by atoms with Crippen LogP contribution < -0.4 is 21.7 Å². The molecule has 71 heavy (non-hydrogen) atoms. The summed E-state index contributed by atoms with van der Waals surface area (Å²) in [5, 5.41) is 10.7. The number of hydrogen-bond donors (Lipinski definition) is 4. The number of carbonyl (C=O) groups is 3. The molecule has 0 saturated heterocycles. The third-order valence-electron chi connectivity index (χ3n) is 9.63. The maximum absolute atomic E-state index is 12.8. The molecule has 8 aromatic rings. The van der Waals surface area contributed by atoms with Crippen molar-refractivity contribution >= 4 is 74.2 Å². The summed E-state index contributed by atoms with van der Waals surface area (Å²) >= 11 is 5.88. The number of aromatic nitrogens is 6. The first kappa shape index (κ1) is 53.9. The number of hydrogen-bond acceptors (Lipinski definition) is 14. The van der Waals surface area contributed by atoms with Crippen LogP contribution in [0, 0.1) is 0 Å². The number of pyridine rings is 6. The number of benzene rings is 2. The SMILES string of the molecule is CCOC(=O)c1cc2cccnc2nc1Cl.CCOC(=O)c1cc2cccnc2nc1NC.CNc1nc2ncccc2cc1C(=O)NCc1cccc(C(F)(F)F)c1.NCc1cccc(C(F)(F)F)c1. The van der Waals surface area contributed by atoms with Gasteiger partial charge < -0.3 is 31.2 Å². The minimum absolute atomic E-state index is 0.0308. The molecule has 0 saturated carbocycles. The van der Waals surface area contributed by atoms with E-state index < -0.39 is 35.4 Å². The number of ether oxygens (including phenoxy) is 2. The van der Waals surface area contributed by atoms with Crippen LogP contribution >= 0.6 is 11.6 Å². The number of fused-ring (bicyclic) bond motifs is 3. The second kappa shape index (κ2) is 25.0. The molecule has 22 heteroatoms. The van der Waals surface area contributed by atoms with E-state index in [1.54, 1.807) is 95.1 Å². The summed E-state index contributed by atoms with van der Waals surface area (Å²) in [6.07, 6.45) is -3.81. The van der Waals surface area contributed by atoms with Gasteiger partial charge in [0.15, 0.2) is 16.9 Å². The van der Waals surface area contributed by atoms with Gasteiger partial charge in [-0.2, -0.15) is 26.3 Å². The second-order valence-corrected chi connectivity index (χ2v) is 14.8. The average Bonchev–Trinajstić information content (AvgIpc) is 3.37. The zero-order valence-electron chi connectivity index (χ0n) is 38.3. The third-order valence-corrected chi connectivity index (χ3v) is 9.92. The summed E-state index contributed by atoms with van der Waals surface area (Å²) in [5.74, 6) is -0.460. The van der Waals surface area contributed by atoms with E-state index in [0.29, 0.717) is 69.4 Å². The maximum Gasteiger partial charge on any atom is 0.416 e. The highest BCUT2D eigenvalue weighted by Gasteiger charge is 2.31. The van der Waals surface area contributed by atoms with E-state index in [2.05, 4.69) is 45.9 Å². The fourth-order valence-corrected chi connectivity index (χ4v) is 6.49. The standard InChI is InChI=1S/C18H15F3N4O.C12H13N3O2.C11H9ClN2O2.C8H8F3N/c1-22-16-14(9-12-5-3-7-23-15(12)25-16)17(26)24-10-11-4-2-6-13(8-11)18(19,20)21;1-3-17-12(16)9-7-8-5-4-6-14-10(8)15-11(9)13-2;1-2-16-11(15)8-6-7-4-3-5-13-10(7)14-9(8)12;9-8(10,11)7-3-1-2-6(4-7)5-12/h2-9H,10H2,1H3,(H,24,26)(H,22,23,25);4-7H,3H2,1-2H3,(H,13,14,15);3-6H,2H2,1H3;1-4H,5,12H2. The smallest absolute Gasteiger partial charge is 0.416 e. The molecular weight excluding hydrogens is 958 g/mol. The van der Waals surface area contributed by atoms with Crippen molar-refractivity contribution in [2.24, 2.45) is 5.73 Å². The Bertz CT molecular complexity index is 3130. The Morgan fingerprint density at radius 2 is 1.00 bits per heavy atom. The zero-order chi connectivity index (χ0) is 51.7. The monoisotopic (exact) mass is 1000 g/mol. The van der Waals surface area contributed by atoms with Gasteiger partial charge in [0.25, 0.3) is 5.91 Å². The topological polar surface area (TPSA) is 209 Å². The van der Waals surface area contributed by atoms with Crippen LogP contribution in [-0.4, -0.2) is 75.1 Å². The highest BCUT2D eigenvalue weighted by Crippen LogP contribution is 2.31. The number of halogens is 7. The lowest BCUT2D eigenvalue weighted by molar-refractivity contribution is -0.138. The molecule has 1 amide bonds. The fraction of sp³-hybridized carbons (Fsp3) is 0.204. The molecule has 0 unspecified atom stereocenters. The number of rotatable bonds is 10. The number of esters is 2. The molecule has 5 N–H and O–H groups in total. The predicted octanol–water partition coefficient (Wildman–Crippen LogP) is 10.1. The molecule has 2 aromatic carbocycles. The van der Waals surface area contributed by atoms with Gasteiger partial charge in [-0.1, -0.05) is 41.9 Å². The molecule has 15 nitrogen and oxygen atoms in total. The fourth-order valence-electron chi connectivity index (χ4n) is 6.28. The van der Waals surface area contributed by atoms with Gasteiger partial charge in [-0.25, -0.2) is 39.5 Å². The van der Waals surface area contributed by atoms with Crippen molar-refractivity contribution in [1.29, 1.82) is 0 Å². The van der Waals surface area contributed by atoms with Crippen molar-refractivity contribution in [2.45, 2.75) is 39.3 Å². The van der Waals surface area contributed by atoms with Gasteiger partial charge in [0.05, 0.1) is 35.5 Å². The quantitative estimate of drug-likeness (QED) is 0.0571. The highest BCUT2D eigenvalue weighted by atomic mass is 35.5. The lowest BCUT2D eigenvalue weighted by Gasteiger charge is -2.12. The summed E-state index contributed by atoms with van der Waals surface area (Å²) in [4.78, 5) is 60.7. The summed E-state index contributed by atoms with van der Waals surface area (Å²) in [6.45, 7) is 4.25. The van der Waals surface area contributed by atoms with E-state index >= 15 is 0 Å². The Hall–Kier alpha value is -8.04. The summed E-state index contributed by atoms with van der Waals surface area (Å²) in [7, 11) is 3.33. The van der Waals surface area contributed by atoms with Crippen LogP contribution in [0.5, 0.6) is 0 Å². The van der Waals surface area contributed by atoms with Gasteiger partial charge in [-0.05, 0) is 97.8 Å². The number of nitrogens with two attached hydrogens (primary N) is 1. The molecule has 0 aliphatic carbocycles. The van der Waals surface area contributed by atoms with Gasteiger partial charge in [0, 0.05) is 61.9 Å². The van der Waals surface area contributed by atoms with Crippen LogP contribution in [0.2, 0.25) is 5.15 Å². The van der Waals surface area contributed by atoms with Crippen molar-refractivity contribution in [3.63, 3.8) is 0 Å². The van der Waals surface area contributed by atoms with Crippen LogP contribution in [0.4, 0.5) is 38.0 Å². The van der Waals surface area contributed by atoms with Gasteiger partial charge in [0.2, 0.25) is 0 Å². The molecule has 0 atom stereocenters. The zero-order valence-corrected chi connectivity index (χ0v) is 39.1. The molecule has 370 valence electrons. The van der Waals surface area contributed by atoms with E-state index in [1.807, 2.05) is 12.1 Å². The minimum atomic E-state index is -4.42. The molecule has 6 heterocycles. The van der Waals surface area contributed by atoms with Crippen molar-refractivity contribution in [1.82, 2.24) is 35.2 Å². The number of nitrogens with zero attached hydrogens (tertiary/aromatic N) is 6. The molecule has 0 spiro atoms. The van der Waals surface area contributed by atoms with E-state index in [1.165, 1.54) is 18.2 Å². The molecule has 0 aliphatic heterocycles. The lowest BCUT2D eigenvalue weighted by Crippen LogP contribution is -2.24. The molecule has 6 aromatic heterocycles. The van der Waals surface area contributed by atoms with Gasteiger partial charge in [-0.15, -0.1) is 0 Å². The maximum atomic E-state index is 12.8.